The third kappa shape index (κ3) is 3.60. The molecule has 2 fully saturated rings. The Balaban J connectivity index is 1.25. The number of halogens is 1. The van der Waals surface area contributed by atoms with Crippen LogP contribution in [-0.4, -0.2) is 57.5 Å². The van der Waals surface area contributed by atoms with Crippen molar-refractivity contribution in [2.75, 3.05) is 20.1 Å². The first-order valence-electron chi connectivity index (χ1n) is 10.8. The van der Waals surface area contributed by atoms with Crippen molar-refractivity contribution in [3.8, 4) is 0 Å². The van der Waals surface area contributed by atoms with Crippen LogP contribution in [0.25, 0.3) is 11.0 Å². The molecule has 156 valence electrons. The Hall–Kier alpha value is -2.73. The molecule has 2 heterocycles. The van der Waals surface area contributed by atoms with Crippen LogP contribution in [0.2, 0.25) is 0 Å². The first-order chi connectivity index (χ1) is 14.6. The second-order valence-corrected chi connectivity index (χ2v) is 8.64. The summed E-state index contributed by atoms with van der Waals surface area (Å²) in [6, 6.07) is 13.4. The van der Waals surface area contributed by atoms with E-state index in [9.17, 15) is 9.18 Å². The first kappa shape index (κ1) is 19.2. The smallest absolute Gasteiger partial charge is 0.253 e. The second kappa shape index (κ2) is 7.84. The molecule has 1 saturated carbocycles. The van der Waals surface area contributed by atoms with Crippen LogP contribution in [-0.2, 0) is 6.54 Å². The Morgan fingerprint density at radius 3 is 2.70 bits per heavy atom. The molecule has 1 aromatic heterocycles. The fourth-order valence-corrected chi connectivity index (χ4v) is 4.64. The molecule has 30 heavy (non-hydrogen) atoms. The molecule has 0 unspecified atom stereocenters. The summed E-state index contributed by atoms with van der Waals surface area (Å²) in [4.78, 5) is 21.8. The Kier molecular flexibility index (Phi) is 5.03. The van der Waals surface area contributed by atoms with Gasteiger partial charge in [-0.2, -0.15) is 0 Å². The third-order valence-electron chi connectivity index (χ3n) is 6.79. The number of likely N-dealkylation sites (N-methyl/N-ethyl adjacent to an activating group) is 1. The van der Waals surface area contributed by atoms with Gasteiger partial charge in [-0.25, -0.2) is 9.37 Å². The van der Waals surface area contributed by atoms with Gasteiger partial charge in [-0.1, -0.05) is 18.6 Å². The summed E-state index contributed by atoms with van der Waals surface area (Å²) in [7, 11) is 1.93. The Bertz CT molecular complexity index is 1060. The van der Waals surface area contributed by atoms with Gasteiger partial charge in [0.15, 0.2) is 0 Å². The van der Waals surface area contributed by atoms with Gasteiger partial charge in [0.2, 0.25) is 0 Å². The molecule has 5 rings (SSSR count). The molecule has 0 radical (unpaired) electrons. The fourth-order valence-electron chi connectivity index (χ4n) is 4.64. The van der Waals surface area contributed by atoms with Crippen LogP contribution < -0.4 is 0 Å². The van der Waals surface area contributed by atoms with Crippen molar-refractivity contribution in [2.45, 2.75) is 44.3 Å². The Labute approximate surface area is 176 Å². The lowest BCUT2D eigenvalue weighted by Gasteiger charge is -2.35. The minimum absolute atomic E-state index is 0.0807. The molecular weight excluding hydrogens is 379 g/mol. The normalized spacial score (nSPS) is 19.9. The highest BCUT2D eigenvalue weighted by molar-refractivity contribution is 5.94. The number of likely N-dealkylation sites (tertiary alicyclic amines) is 1. The van der Waals surface area contributed by atoms with Crippen LogP contribution in [0.1, 0.15) is 41.6 Å². The van der Waals surface area contributed by atoms with Crippen molar-refractivity contribution in [3.63, 3.8) is 0 Å². The number of imidazole rings is 1. The van der Waals surface area contributed by atoms with Gasteiger partial charge in [-0.3, -0.25) is 9.69 Å². The summed E-state index contributed by atoms with van der Waals surface area (Å²) < 4.78 is 15.5. The summed E-state index contributed by atoms with van der Waals surface area (Å²) in [5, 5.41) is 0. The monoisotopic (exact) mass is 406 g/mol. The van der Waals surface area contributed by atoms with Crippen LogP contribution in [0.4, 0.5) is 4.39 Å². The van der Waals surface area contributed by atoms with Gasteiger partial charge in [0, 0.05) is 44.3 Å². The highest BCUT2D eigenvalue weighted by Gasteiger charge is 2.34. The second-order valence-electron chi connectivity index (χ2n) is 8.64. The maximum Gasteiger partial charge on any atom is 0.253 e. The average Bonchev–Trinajstić information content (AvgIpc) is 3.34. The van der Waals surface area contributed by atoms with E-state index in [4.69, 9.17) is 0 Å². The van der Waals surface area contributed by atoms with E-state index < -0.39 is 0 Å². The molecule has 0 N–H and O–H groups in total. The predicted molar refractivity (Wildman–Crippen MR) is 115 cm³/mol. The molecule has 3 aromatic rings. The van der Waals surface area contributed by atoms with Crippen LogP contribution >= 0.6 is 0 Å². The minimum Gasteiger partial charge on any atom is -0.337 e. The highest BCUT2D eigenvalue weighted by atomic mass is 19.1. The Morgan fingerprint density at radius 1 is 1.17 bits per heavy atom. The summed E-state index contributed by atoms with van der Waals surface area (Å²) in [5.74, 6) is -0.187. The molecule has 1 aliphatic carbocycles. The van der Waals surface area contributed by atoms with E-state index in [1.807, 2.05) is 40.8 Å². The summed E-state index contributed by atoms with van der Waals surface area (Å²) in [5.41, 5.74) is 3.31. The van der Waals surface area contributed by atoms with Crippen LogP contribution in [0.15, 0.2) is 48.8 Å². The van der Waals surface area contributed by atoms with Crippen molar-refractivity contribution in [1.29, 1.82) is 0 Å². The largest absolute Gasteiger partial charge is 0.337 e. The predicted octanol–water partition coefficient (Wildman–Crippen LogP) is 3.92. The van der Waals surface area contributed by atoms with E-state index in [2.05, 4.69) is 9.88 Å². The van der Waals surface area contributed by atoms with E-state index in [0.29, 0.717) is 18.2 Å². The number of hydrogen-bond donors (Lipinski definition) is 0. The number of benzene rings is 2. The van der Waals surface area contributed by atoms with Gasteiger partial charge >= 0.3 is 0 Å². The Morgan fingerprint density at radius 2 is 1.97 bits per heavy atom. The lowest BCUT2D eigenvalue weighted by atomic mass is 9.92. The van der Waals surface area contributed by atoms with Crippen LogP contribution in [0, 0.1) is 5.82 Å². The molecule has 2 aromatic carbocycles. The van der Waals surface area contributed by atoms with Gasteiger partial charge in [0.1, 0.15) is 5.82 Å². The molecule has 5 nitrogen and oxygen atoms in total. The van der Waals surface area contributed by atoms with E-state index >= 15 is 0 Å². The van der Waals surface area contributed by atoms with Crippen LogP contribution in [0.5, 0.6) is 0 Å². The zero-order chi connectivity index (χ0) is 20.7. The van der Waals surface area contributed by atoms with Gasteiger partial charge in [-0.05, 0) is 55.2 Å². The quantitative estimate of drug-likeness (QED) is 0.645. The molecule has 1 atom stereocenters. The van der Waals surface area contributed by atoms with E-state index in [0.717, 1.165) is 42.1 Å². The standard InChI is InChI=1S/C24H27FN4O/c1-27(21-11-12-28(15-21)20-3-2-4-20)24(30)18-7-5-17(6-8-18)14-29-16-26-22-10-9-19(25)13-23(22)29/h5-10,13,16,20-21H,2-4,11-12,14-15H2,1H3/t21-/m1/s1. The van der Waals surface area contributed by atoms with Gasteiger partial charge in [0.25, 0.3) is 5.91 Å². The third-order valence-corrected chi connectivity index (χ3v) is 6.79. The van der Waals surface area contributed by atoms with E-state index in [1.165, 1.54) is 31.4 Å². The lowest BCUT2D eigenvalue weighted by Crippen LogP contribution is -2.43. The first-order valence-corrected chi connectivity index (χ1v) is 10.8. The van der Waals surface area contributed by atoms with Crippen molar-refractivity contribution < 1.29 is 9.18 Å². The van der Waals surface area contributed by atoms with E-state index in [1.54, 1.807) is 12.4 Å². The maximum atomic E-state index is 13.6. The molecule has 1 saturated heterocycles. The van der Waals surface area contributed by atoms with Gasteiger partial charge in [0.05, 0.1) is 17.4 Å². The maximum absolute atomic E-state index is 13.6. The average molecular weight is 407 g/mol. The fraction of sp³-hybridized carbons (Fsp3) is 0.417. The number of carbonyl (C=O) groups excluding carboxylic acids is 1. The highest BCUT2D eigenvalue weighted by Crippen LogP contribution is 2.29. The molecule has 0 spiro atoms. The molecular formula is C24H27FN4O. The SMILES string of the molecule is CN(C(=O)c1ccc(Cn2cnc3ccc(F)cc32)cc1)[C@@H]1CCN(C2CCC2)C1. The zero-order valence-corrected chi connectivity index (χ0v) is 17.3. The summed E-state index contributed by atoms with van der Waals surface area (Å²) in [6.07, 6.45) is 6.75. The number of hydrogen-bond acceptors (Lipinski definition) is 3. The number of aromatic nitrogens is 2. The van der Waals surface area contributed by atoms with Crippen molar-refractivity contribution in [3.05, 3.63) is 65.7 Å². The number of amides is 1. The van der Waals surface area contributed by atoms with Crippen molar-refractivity contribution in [2.24, 2.45) is 0 Å². The van der Waals surface area contributed by atoms with Gasteiger partial charge < -0.3 is 9.47 Å². The van der Waals surface area contributed by atoms with Crippen LogP contribution in [0.3, 0.4) is 0 Å². The van der Waals surface area contributed by atoms with Gasteiger partial charge in [-0.15, -0.1) is 0 Å². The number of rotatable bonds is 5. The lowest BCUT2D eigenvalue weighted by molar-refractivity contribution is 0.0720. The number of carbonyl (C=O) groups is 1. The molecule has 2 aliphatic rings. The van der Waals surface area contributed by atoms with E-state index in [-0.39, 0.29) is 11.7 Å². The topological polar surface area (TPSA) is 41.4 Å². The molecule has 6 heteroatoms. The van der Waals surface area contributed by atoms with Crippen molar-refractivity contribution in [1.82, 2.24) is 19.4 Å². The zero-order valence-electron chi connectivity index (χ0n) is 17.3. The minimum atomic E-state index is -0.268. The number of fused-ring (bicyclic) bond motifs is 1. The molecule has 1 amide bonds. The molecule has 1 aliphatic heterocycles. The molecule has 0 bridgehead atoms. The summed E-state index contributed by atoms with van der Waals surface area (Å²) >= 11 is 0. The number of nitrogens with zero attached hydrogens (tertiary/aromatic N) is 4. The summed E-state index contributed by atoms with van der Waals surface area (Å²) in [6.45, 7) is 2.68. The van der Waals surface area contributed by atoms with Crippen molar-refractivity contribution >= 4 is 16.9 Å².